The molecule has 4 nitrogen and oxygen atoms in total. The van der Waals surface area contributed by atoms with Crippen molar-refractivity contribution >= 4 is 11.7 Å². The van der Waals surface area contributed by atoms with Gasteiger partial charge in [-0.1, -0.05) is 27.2 Å². The molecule has 2 fully saturated rings. The van der Waals surface area contributed by atoms with Crippen LogP contribution in [0.5, 0.6) is 0 Å². The van der Waals surface area contributed by atoms with E-state index in [0.29, 0.717) is 12.3 Å². The maximum Gasteiger partial charge on any atom is 0.248 e. The monoisotopic (exact) mass is 353 g/mol. The molecule has 0 unspecified atom stereocenters. The highest BCUT2D eigenvalue weighted by Gasteiger charge is 2.46. The zero-order valence-corrected chi connectivity index (χ0v) is 15.6. The highest BCUT2D eigenvalue weighted by atomic mass is 19.3. The van der Waals surface area contributed by atoms with Crippen molar-refractivity contribution in [3.8, 4) is 0 Å². The molecule has 0 radical (unpaired) electrons. The Hall–Kier alpha value is -1.46. The van der Waals surface area contributed by atoms with Crippen molar-refractivity contribution in [1.29, 1.82) is 0 Å². The molecule has 1 amide bonds. The lowest BCUT2D eigenvalue weighted by Crippen LogP contribution is -2.36. The number of nitrogens with zero attached hydrogens (tertiary/aromatic N) is 2. The lowest BCUT2D eigenvalue weighted by Gasteiger charge is -2.35. The highest BCUT2D eigenvalue weighted by molar-refractivity contribution is 5.92. The van der Waals surface area contributed by atoms with E-state index in [1.54, 1.807) is 4.68 Å². The number of alkyl halides is 2. The molecule has 2 saturated carbocycles. The lowest BCUT2D eigenvalue weighted by molar-refractivity contribution is -0.120. The Morgan fingerprint density at radius 2 is 1.96 bits per heavy atom. The first-order valence-electron chi connectivity index (χ1n) is 9.42. The molecule has 6 heteroatoms. The summed E-state index contributed by atoms with van der Waals surface area (Å²) < 4.78 is 28.1. The fourth-order valence-corrected chi connectivity index (χ4v) is 3.76. The van der Waals surface area contributed by atoms with E-state index < -0.39 is 5.92 Å². The summed E-state index contributed by atoms with van der Waals surface area (Å²) >= 11 is 0. The Kier molecular flexibility index (Phi) is 4.91. The van der Waals surface area contributed by atoms with Gasteiger partial charge in [-0.05, 0) is 37.0 Å². The third-order valence-electron chi connectivity index (χ3n) is 5.99. The van der Waals surface area contributed by atoms with Crippen LogP contribution in [0.2, 0.25) is 0 Å². The average molecular weight is 353 g/mol. The second kappa shape index (κ2) is 6.69. The largest absolute Gasteiger partial charge is 0.310 e. The van der Waals surface area contributed by atoms with E-state index in [0.717, 1.165) is 29.9 Å². The van der Waals surface area contributed by atoms with E-state index in [2.05, 4.69) is 10.4 Å². The van der Waals surface area contributed by atoms with Gasteiger partial charge in [0.25, 0.3) is 0 Å². The summed E-state index contributed by atoms with van der Waals surface area (Å²) in [7, 11) is 1.83. The molecule has 1 aromatic rings. The summed E-state index contributed by atoms with van der Waals surface area (Å²) in [6.45, 7) is 5.99. The van der Waals surface area contributed by atoms with Gasteiger partial charge in [-0.15, -0.1) is 0 Å². The minimum atomic E-state index is -2.50. The van der Waals surface area contributed by atoms with Crippen LogP contribution in [0.15, 0.2) is 0 Å². The topological polar surface area (TPSA) is 46.9 Å². The number of hydrogen-bond donors (Lipinski definition) is 1. The van der Waals surface area contributed by atoms with Crippen molar-refractivity contribution in [2.24, 2.45) is 24.8 Å². The first-order chi connectivity index (χ1) is 11.7. The van der Waals surface area contributed by atoms with Gasteiger partial charge >= 0.3 is 0 Å². The van der Waals surface area contributed by atoms with Crippen molar-refractivity contribution in [2.45, 2.75) is 71.1 Å². The summed E-state index contributed by atoms with van der Waals surface area (Å²) in [6.07, 6.45) is 3.85. The van der Waals surface area contributed by atoms with E-state index in [4.69, 9.17) is 0 Å². The van der Waals surface area contributed by atoms with Gasteiger partial charge in [0.15, 0.2) is 0 Å². The van der Waals surface area contributed by atoms with E-state index >= 15 is 0 Å². The third-order valence-corrected chi connectivity index (χ3v) is 5.99. The Bertz CT molecular complexity index is 641. The molecule has 1 N–H and O–H groups in total. The first kappa shape index (κ1) is 18.3. The molecule has 1 heterocycles. The highest BCUT2D eigenvalue weighted by Crippen LogP contribution is 2.47. The Balaban J connectivity index is 1.81. The molecule has 0 aliphatic heterocycles. The normalized spacial score (nSPS) is 21.7. The number of carbonyl (C=O) groups is 1. The molecule has 0 bridgehead atoms. The number of amides is 1. The molecule has 25 heavy (non-hydrogen) atoms. The SMILES string of the molecule is CC(C)[C@H](C)C(=O)Nc1c(C2CCC2)c(CC2CC(F)(F)C2)nn1C. The van der Waals surface area contributed by atoms with Crippen LogP contribution in [0.25, 0.3) is 0 Å². The predicted octanol–water partition coefficient (Wildman–Crippen LogP) is 4.51. The van der Waals surface area contributed by atoms with Crippen LogP contribution in [-0.2, 0) is 18.3 Å². The molecule has 1 aromatic heterocycles. The molecule has 0 saturated heterocycles. The van der Waals surface area contributed by atoms with Crippen LogP contribution in [0.4, 0.5) is 14.6 Å². The number of hydrogen-bond acceptors (Lipinski definition) is 2. The molecule has 2 aliphatic rings. The van der Waals surface area contributed by atoms with Crippen LogP contribution < -0.4 is 5.32 Å². The zero-order valence-electron chi connectivity index (χ0n) is 15.6. The van der Waals surface area contributed by atoms with Crippen molar-refractivity contribution in [2.75, 3.05) is 5.32 Å². The summed E-state index contributed by atoms with van der Waals surface area (Å²) in [6, 6.07) is 0. The maximum absolute atomic E-state index is 13.2. The van der Waals surface area contributed by atoms with Gasteiger partial charge in [-0.25, -0.2) is 8.78 Å². The van der Waals surface area contributed by atoms with Gasteiger partial charge in [-0.2, -0.15) is 5.10 Å². The number of aromatic nitrogens is 2. The smallest absolute Gasteiger partial charge is 0.248 e. The van der Waals surface area contributed by atoms with Gasteiger partial charge in [0.05, 0.1) is 5.69 Å². The summed E-state index contributed by atoms with van der Waals surface area (Å²) in [5, 5.41) is 7.67. The Labute approximate surface area is 148 Å². The quantitative estimate of drug-likeness (QED) is 0.818. The standard InChI is InChI=1S/C19H29F2N3O/c1-11(2)12(3)18(25)22-17-16(14-6-5-7-14)15(23-24(17)4)8-13-9-19(20,21)10-13/h11-14H,5-10H2,1-4H3,(H,22,25)/t12-/m0/s1. The Morgan fingerprint density at radius 1 is 1.32 bits per heavy atom. The zero-order chi connectivity index (χ0) is 18.4. The summed E-state index contributed by atoms with van der Waals surface area (Å²) in [5.74, 6) is -1.16. The van der Waals surface area contributed by atoms with E-state index in [1.807, 2.05) is 27.8 Å². The van der Waals surface area contributed by atoms with Crippen LogP contribution in [0.1, 0.15) is 70.1 Å². The predicted molar refractivity (Wildman–Crippen MR) is 93.8 cm³/mol. The molecular formula is C19H29F2N3O. The van der Waals surface area contributed by atoms with Gasteiger partial charge in [0, 0.05) is 31.4 Å². The number of carbonyl (C=O) groups excluding carboxylic acids is 1. The Morgan fingerprint density at radius 3 is 2.44 bits per heavy atom. The molecule has 3 rings (SSSR count). The summed E-state index contributed by atoms with van der Waals surface area (Å²) in [5.41, 5.74) is 1.99. The van der Waals surface area contributed by atoms with Crippen molar-refractivity contribution < 1.29 is 13.6 Å². The van der Waals surface area contributed by atoms with Crippen LogP contribution in [0.3, 0.4) is 0 Å². The van der Waals surface area contributed by atoms with E-state index in [1.165, 1.54) is 6.42 Å². The van der Waals surface area contributed by atoms with Gasteiger partial charge < -0.3 is 5.32 Å². The molecule has 0 spiro atoms. The maximum atomic E-state index is 13.2. The number of nitrogens with one attached hydrogen (secondary N) is 1. The summed E-state index contributed by atoms with van der Waals surface area (Å²) in [4.78, 5) is 12.5. The van der Waals surface area contributed by atoms with Crippen molar-refractivity contribution in [3.63, 3.8) is 0 Å². The van der Waals surface area contributed by atoms with Crippen molar-refractivity contribution in [3.05, 3.63) is 11.3 Å². The number of halogens is 2. The number of aryl methyl sites for hydroxylation is 1. The second-order valence-corrected chi connectivity index (χ2v) is 8.32. The van der Waals surface area contributed by atoms with Crippen LogP contribution in [-0.4, -0.2) is 21.6 Å². The number of rotatable bonds is 6. The molecule has 140 valence electrons. The fourth-order valence-electron chi connectivity index (χ4n) is 3.76. The fraction of sp³-hybridized carbons (Fsp3) is 0.789. The van der Waals surface area contributed by atoms with Gasteiger partial charge in [-0.3, -0.25) is 9.48 Å². The second-order valence-electron chi connectivity index (χ2n) is 8.32. The third kappa shape index (κ3) is 3.72. The van der Waals surface area contributed by atoms with Gasteiger partial charge in [0.2, 0.25) is 11.8 Å². The van der Waals surface area contributed by atoms with Crippen molar-refractivity contribution in [1.82, 2.24) is 9.78 Å². The first-order valence-corrected chi connectivity index (χ1v) is 9.42. The van der Waals surface area contributed by atoms with Gasteiger partial charge in [0.1, 0.15) is 5.82 Å². The molecule has 2 aliphatic carbocycles. The van der Waals surface area contributed by atoms with E-state index in [9.17, 15) is 13.6 Å². The minimum Gasteiger partial charge on any atom is -0.310 e. The van der Waals surface area contributed by atoms with Crippen LogP contribution >= 0.6 is 0 Å². The molecule has 1 atom stereocenters. The average Bonchev–Trinajstić information content (AvgIpc) is 2.71. The van der Waals surface area contributed by atoms with Crippen LogP contribution in [0, 0.1) is 17.8 Å². The molecule has 0 aromatic carbocycles. The lowest BCUT2D eigenvalue weighted by atomic mass is 9.75. The number of anilines is 1. The van der Waals surface area contributed by atoms with E-state index in [-0.39, 0.29) is 36.5 Å². The molecular weight excluding hydrogens is 324 g/mol. The minimum absolute atomic E-state index is 0.000279.